The Hall–Kier alpha value is -1.32. The van der Waals surface area contributed by atoms with Crippen LogP contribution in [-0.2, 0) is 9.59 Å². The zero-order valence-corrected chi connectivity index (χ0v) is 6.57. The average Bonchev–Trinajstić information content (AvgIpc) is 1.86. The first kappa shape index (κ1) is 9.68. The summed E-state index contributed by atoms with van der Waals surface area (Å²) in [6.45, 7) is 1.44. The molecule has 0 atom stereocenters. The summed E-state index contributed by atoms with van der Waals surface area (Å²) in [6.07, 6.45) is 2.89. The van der Waals surface area contributed by atoms with Gasteiger partial charge in [0.1, 0.15) is 6.54 Å². The Morgan fingerprint density at radius 2 is 2.09 bits per heavy atom. The average molecular weight is 157 g/mol. The Balaban J connectivity index is 3.92. The molecular weight excluding hydrogens is 146 g/mol. The highest BCUT2D eigenvalue weighted by atomic mass is 16.4. The summed E-state index contributed by atoms with van der Waals surface area (Å²) in [5.41, 5.74) is 0. The van der Waals surface area contributed by atoms with E-state index in [4.69, 9.17) is 5.11 Å². The molecule has 0 bridgehead atoms. The number of carbonyl (C=O) groups is 2. The summed E-state index contributed by atoms with van der Waals surface area (Å²) in [4.78, 5) is 22.1. The van der Waals surface area contributed by atoms with E-state index in [1.54, 1.807) is 13.0 Å². The molecule has 0 aromatic heterocycles. The minimum Gasteiger partial charge on any atom is -0.480 e. The van der Waals surface area contributed by atoms with E-state index < -0.39 is 5.97 Å². The first-order valence-electron chi connectivity index (χ1n) is 3.17. The second-order valence-electron chi connectivity index (χ2n) is 2.09. The Morgan fingerprint density at radius 1 is 1.55 bits per heavy atom. The van der Waals surface area contributed by atoms with Crippen molar-refractivity contribution >= 4 is 11.9 Å². The molecule has 0 aliphatic carbocycles. The van der Waals surface area contributed by atoms with E-state index in [9.17, 15) is 9.59 Å². The first-order chi connectivity index (χ1) is 5.07. The van der Waals surface area contributed by atoms with Crippen LogP contribution in [0, 0.1) is 0 Å². The molecule has 4 heteroatoms. The number of hydrogen-bond acceptors (Lipinski definition) is 2. The molecule has 1 amide bonds. The van der Waals surface area contributed by atoms with Gasteiger partial charge in [-0.1, -0.05) is 6.08 Å². The van der Waals surface area contributed by atoms with Crippen molar-refractivity contribution in [3.05, 3.63) is 12.2 Å². The second kappa shape index (κ2) is 4.49. The Morgan fingerprint density at radius 3 is 2.45 bits per heavy atom. The number of allylic oxidation sites excluding steroid dienone is 1. The van der Waals surface area contributed by atoms with Gasteiger partial charge < -0.3 is 10.0 Å². The number of carboxylic acids is 1. The Bertz CT molecular complexity index is 186. The third-order valence-corrected chi connectivity index (χ3v) is 1.06. The lowest BCUT2D eigenvalue weighted by Gasteiger charge is -2.10. The molecule has 0 saturated carbocycles. The molecule has 0 radical (unpaired) electrons. The van der Waals surface area contributed by atoms with Crippen molar-refractivity contribution < 1.29 is 14.7 Å². The number of carboxylic acid groups (broad SMARTS) is 1. The molecule has 0 heterocycles. The summed E-state index contributed by atoms with van der Waals surface area (Å²) in [5, 5.41) is 8.28. The fraction of sp³-hybridized carbons (Fsp3) is 0.429. The Kier molecular flexibility index (Phi) is 3.95. The molecule has 0 saturated heterocycles. The lowest BCUT2D eigenvalue weighted by Crippen LogP contribution is -2.30. The smallest absolute Gasteiger partial charge is 0.323 e. The zero-order chi connectivity index (χ0) is 8.85. The first-order valence-corrected chi connectivity index (χ1v) is 3.17. The van der Waals surface area contributed by atoms with Gasteiger partial charge in [0.25, 0.3) is 0 Å². The van der Waals surface area contributed by atoms with Crippen LogP contribution in [0.3, 0.4) is 0 Å². The van der Waals surface area contributed by atoms with Gasteiger partial charge >= 0.3 is 5.97 Å². The van der Waals surface area contributed by atoms with Crippen LogP contribution < -0.4 is 0 Å². The quantitative estimate of drug-likeness (QED) is 0.591. The minimum atomic E-state index is -1.01. The summed E-state index contributed by atoms with van der Waals surface area (Å²) in [6, 6.07) is 0. The van der Waals surface area contributed by atoms with Crippen LogP contribution in [0.4, 0.5) is 0 Å². The standard InChI is InChI=1S/C7H11NO3/c1-3-4-6(9)8(2)5-7(10)11/h3-4H,5H2,1-2H3,(H,10,11). The van der Waals surface area contributed by atoms with E-state index in [0.717, 1.165) is 4.90 Å². The van der Waals surface area contributed by atoms with Crippen molar-refractivity contribution in [1.82, 2.24) is 4.90 Å². The molecule has 0 unspecified atom stereocenters. The highest BCUT2D eigenvalue weighted by Crippen LogP contribution is 1.85. The van der Waals surface area contributed by atoms with E-state index in [0.29, 0.717) is 0 Å². The maximum atomic E-state index is 10.9. The summed E-state index contributed by atoms with van der Waals surface area (Å²) in [7, 11) is 1.44. The molecule has 11 heavy (non-hydrogen) atoms. The topological polar surface area (TPSA) is 57.6 Å². The second-order valence-corrected chi connectivity index (χ2v) is 2.09. The molecule has 0 rings (SSSR count). The third kappa shape index (κ3) is 4.13. The van der Waals surface area contributed by atoms with Gasteiger partial charge in [-0.25, -0.2) is 0 Å². The minimum absolute atomic E-state index is 0.261. The van der Waals surface area contributed by atoms with Gasteiger partial charge in [-0.15, -0.1) is 0 Å². The molecular formula is C7H11NO3. The number of aliphatic carboxylic acids is 1. The molecule has 0 fully saturated rings. The van der Waals surface area contributed by atoms with Gasteiger partial charge in [-0.3, -0.25) is 9.59 Å². The predicted octanol–water partition coefficient (Wildman–Crippen LogP) is 0.106. The molecule has 4 nitrogen and oxygen atoms in total. The number of rotatable bonds is 3. The molecule has 0 aromatic rings. The van der Waals surface area contributed by atoms with Crippen LogP contribution in [0.25, 0.3) is 0 Å². The SMILES string of the molecule is CC=CC(=O)N(C)CC(=O)O. The molecule has 0 aliphatic rings. The largest absolute Gasteiger partial charge is 0.480 e. The van der Waals surface area contributed by atoms with Crippen molar-refractivity contribution in [2.45, 2.75) is 6.92 Å². The van der Waals surface area contributed by atoms with E-state index in [-0.39, 0.29) is 12.5 Å². The fourth-order valence-corrected chi connectivity index (χ4v) is 0.551. The summed E-state index contributed by atoms with van der Waals surface area (Å²) < 4.78 is 0. The van der Waals surface area contributed by atoms with Crippen molar-refractivity contribution in [3.63, 3.8) is 0 Å². The molecule has 0 aliphatic heterocycles. The molecule has 0 spiro atoms. The maximum absolute atomic E-state index is 10.9. The highest BCUT2D eigenvalue weighted by Gasteiger charge is 2.07. The van der Waals surface area contributed by atoms with Gasteiger partial charge in [-0.2, -0.15) is 0 Å². The van der Waals surface area contributed by atoms with Gasteiger partial charge in [-0.05, 0) is 13.0 Å². The molecule has 62 valence electrons. The van der Waals surface area contributed by atoms with Crippen LogP contribution >= 0.6 is 0 Å². The van der Waals surface area contributed by atoms with E-state index in [1.165, 1.54) is 13.1 Å². The van der Waals surface area contributed by atoms with E-state index in [2.05, 4.69) is 0 Å². The number of amides is 1. The van der Waals surface area contributed by atoms with Crippen LogP contribution in [0.5, 0.6) is 0 Å². The van der Waals surface area contributed by atoms with Crippen LogP contribution in [0.2, 0.25) is 0 Å². The van der Waals surface area contributed by atoms with Crippen LogP contribution in [-0.4, -0.2) is 35.5 Å². The van der Waals surface area contributed by atoms with Crippen molar-refractivity contribution in [2.24, 2.45) is 0 Å². The van der Waals surface area contributed by atoms with E-state index in [1.807, 2.05) is 0 Å². The van der Waals surface area contributed by atoms with Crippen LogP contribution in [0.15, 0.2) is 12.2 Å². The Labute approximate surface area is 65.1 Å². The molecule has 0 aromatic carbocycles. The van der Waals surface area contributed by atoms with E-state index >= 15 is 0 Å². The van der Waals surface area contributed by atoms with Gasteiger partial charge in [0, 0.05) is 7.05 Å². The highest BCUT2D eigenvalue weighted by molar-refractivity contribution is 5.89. The lowest BCUT2D eigenvalue weighted by molar-refractivity contribution is -0.141. The zero-order valence-electron chi connectivity index (χ0n) is 6.57. The van der Waals surface area contributed by atoms with Gasteiger partial charge in [0.15, 0.2) is 0 Å². The van der Waals surface area contributed by atoms with Crippen molar-refractivity contribution in [2.75, 3.05) is 13.6 Å². The predicted molar refractivity (Wildman–Crippen MR) is 40.1 cm³/mol. The third-order valence-electron chi connectivity index (χ3n) is 1.06. The summed E-state index contributed by atoms with van der Waals surface area (Å²) in [5.74, 6) is -1.31. The van der Waals surface area contributed by atoms with Crippen molar-refractivity contribution in [3.8, 4) is 0 Å². The van der Waals surface area contributed by atoms with Crippen LogP contribution in [0.1, 0.15) is 6.92 Å². The number of nitrogens with zero attached hydrogens (tertiary/aromatic N) is 1. The van der Waals surface area contributed by atoms with Gasteiger partial charge in [0.05, 0.1) is 0 Å². The number of likely N-dealkylation sites (N-methyl/N-ethyl adjacent to an activating group) is 1. The molecule has 1 N–H and O–H groups in total. The van der Waals surface area contributed by atoms with Crippen molar-refractivity contribution in [1.29, 1.82) is 0 Å². The van der Waals surface area contributed by atoms with Gasteiger partial charge in [0.2, 0.25) is 5.91 Å². The fourth-order valence-electron chi connectivity index (χ4n) is 0.551. The lowest BCUT2D eigenvalue weighted by atomic mass is 10.4. The number of hydrogen-bond donors (Lipinski definition) is 1. The summed E-state index contributed by atoms with van der Waals surface area (Å²) >= 11 is 0. The number of carbonyl (C=O) groups excluding carboxylic acids is 1. The monoisotopic (exact) mass is 157 g/mol. The maximum Gasteiger partial charge on any atom is 0.323 e. The normalized spacial score (nSPS) is 10.0.